The highest BCUT2D eigenvalue weighted by Crippen LogP contribution is 2.38. The Kier molecular flexibility index (Phi) is 56.5. The Bertz CT molecular complexity index is 1420. The SMILES string of the molecule is CCCCCCCCCCC/C=C\C/C=C\CCCCCCCCCCCCCCCC(=O)NC(COP(=O)([O-])OCC[N+](C)(C)C)C(O)/C=C/CC/C=C/CC/C=C/CCCCCCCCCCCCCCCCC. The second-order valence-corrected chi connectivity index (χ2v) is 24.9. The maximum Gasteiger partial charge on any atom is 0.268 e. The summed E-state index contributed by atoms with van der Waals surface area (Å²) < 4.78 is 23.4. The van der Waals surface area contributed by atoms with Crippen LogP contribution in [-0.4, -0.2) is 68.5 Å². The number of aliphatic hydroxyl groups excluding tert-OH is 1. The summed E-state index contributed by atoms with van der Waals surface area (Å²) in [6, 6.07) is -0.914. The Morgan fingerprint density at radius 1 is 0.461 bits per heavy atom. The summed E-state index contributed by atoms with van der Waals surface area (Å²) in [6.07, 6.45) is 79.0. The lowest BCUT2D eigenvalue weighted by Crippen LogP contribution is -2.45. The van der Waals surface area contributed by atoms with Gasteiger partial charge in [-0.3, -0.25) is 9.36 Å². The number of nitrogens with zero attached hydrogens (tertiary/aromatic N) is 1. The summed E-state index contributed by atoms with van der Waals surface area (Å²) in [5.41, 5.74) is 0. The van der Waals surface area contributed by atoms with E-state index in [-0.39, 0.29) is 12.5 Å². The van der Waals surface area contributed by atoms with Crippen molar-refractivity contribution < 1.29 is 32.9 Å². The second kappa shape index (κ2) is 57.9. The molecule has 0 aromatic rings. The molecule has 0 bridgehead atoms. The highest BCUT2D eigenvalue weighted by molar-refractivity contribution is 7.45. The van der Waals surface area contributed by atoms with Crippen molar-refractivity contribution in [2.24, 2.45) is 0 Å². The predicted octanol–water partition coefficient (Wildman–Crippen LogP) is 19.8. The smallest absolute Gasteiger partial charge is 0.268 e. The van der Waals surface area contributed by atoms with Crippen LogP contribution in [0.25, 0.3) is 0 Å². The zero-order chi connectivity index (χ0) is 55.6. The van der Waals surface area contributed by atoms with Gasteiger partial charge in [0.25, 0.3) is 7.82 Å². The molecule has 0 fully saturated rings. The molecule has 9 heteroatoms. The van der Waals surface area contributed by atoms with Crippen LogP contribution in [0, 0.1) is 0 Å². The van der Waals surface area contributed by atoms with Crippen LogP contribution in [0.15, 0.2) is 60.8 Å². The van der Waals surface area contributed by atoms with Gasteiger partial charge in [-0.1, -0.05) is 286 Å². The number of hydrogen-bond acceptors (Lipinski definition) is 6. The van der Waals surface area contributed by atoms with Crippen LogP contribution in [0.1, 0.15) is 309 Å². The number of nitrogens with one attached hydrogen (secondary N) is 1. The summed E-state index contributed by atoms with van der Waals surface area (Å²) in [5, 5.41) is 13.9. The fourth-order valence-electron chi connectivity index (χ4n) is 9.57. The number of allylic oxidation sites excluding steroid dienone is 9. The number of quaternary nitrogens is 1. The molecule has 76 heavy (non-hydrogen) atoms. The van der Waals surface area contributed by atoms with Crippen molar-refractivity contribution in [3.05, 3.63) is 60.8 Å². The van der Waals surface area contributed by atoms with Gasteiger partial charge >= 0.3 is 0 Å². The molecule has 0 radical (unpaired) electrons. The second-order valence-electron chi connectivity index (χ2n) is 23.4. The van der Waals surface area contributed by atoms with Crippen molar-refractivity contribution in [2.75, 3.05) is 40.9 Å². The lowest BCUT2D eigenvalue weighted by Gasteiger charge is -2.29. The molecule has 3 atom stereocenters. The first-order valence-electron chi connectivity index (χ1n) is 32.7. The van der Waals surface area contributed by atoms with Crippen LogP contribution in [-0.2, 0) is 18.4 Å². The zero-order valence-corrected chi connectivity index (χ0v) is 51.9. The molecule has 0 aromatic heterocycles. The van der Waals surface area contributed by atoms with Crippen LogP contribution in [0.3, 0.4) is 0 Å². The molecule has 0 saturated heterocycles. The van der Waals surface area contributed by atoms with E-state index >= 15 is 0 Å². The maximum absolute atomic E-state index is 13.0. The minimum Gasteiger partial charge on any atom is -0.756 e. The van der Waals surface area contributed by atoms with E-state index in [4.69, 9.17) is 9.05 Å². The topological polar surface area (TPSA) is 108 Å². The molecule has 0 aromatic carbocycles. The minimum atomic E-state index is -4.62. The summed E-state index contributed by atoms with van der Waals surface area (Å²) in [6.45, 7) is 4.65. The molecule has 0 spiro atoms. The Morgan fingerprint density at radius 3 is 1.14 bits per heavy atom. The third-order valence-electron chi connectivity index (χ3n) is 14.7. The van der Waals surface area contributed by atoms with Gasteiger partial charge in [-0.2, -0.15) is 0 Å². The van der Waals surface area contributed by atoms with Crippen LogP contribution in [0.5, 0.6) is 0 Å². The molecular weight excluding hydrogens is 960 g/mol. The first kappa shape index (κ1) is 74.2. The number of likely N-dealkylation sites (N-methyl/N-ethyl adjacent to an activating group) is 1. The van der Waals surface area contributed by atoms with Crippen LogP contribution in [0.4, 0.5) is 0 Å². The first-order chi connectivity index (χ1) is 37.0. The van der Waals surface area contributed by atoms with Gasteiger partial charge in [0, 0.05) is 6.42 Å². The summed E-state index contributed by atoms with van der Waals surface area (Å²) in [7, 11) is 1.24. The fraction of sp³-hybridized carbons (Fsp3) is 0.836. The predicted molar refractivity (Wildman–Crippen MR) is 330 cm³/mol. The number of hydrogen-bond donors (Lipinski definition) is 2. The maximum atomic E-state index is 13.0. The monoisotopic (exact) mass is 1090 g/mol. The molecule has 0 rings (SSSR count). The van der Waals surface area contributed by atoms with Gasteiger partial charge in [0.15, 0.2) is 0 Å². The molecule has 0 aliphatic carbocycles. The van der Waals surface area contributed by atoms with E-state index in [0.29, 0.717) is 17.4 Å². The minimum absolute atomic E-state index is 0.0101. The molecular formula is C67H127N2O6P. The number of unbranched alkanes of at least 4 members (excludes halogenated alkanes) is 39. The number of amides is 1. The molecule has 0 saturated carbocycles. The Labute approximate surface area is 472 Å². The van der Waals surface area contributed by atoms with Gasteiger partial charge in [0.2, 0.25) is 5.91 Å². The average molecular weight is 1090 g/mol. The fourth-order valence-corrected chi connectivity index (χ4v) is 10.3. The normalized spacial score (nSPS) is 14.1. The van der Waals surface area contributed by atoms with Gasteiger partial charge in [0.1, 0.15) is 13.2 Å². The van der Waals surface area contributed by atoms with Gasteiger partial charge in [0.05, 0.1) is 39.9 Å². The molecule has 0 aliphatic rings. The first-order valence-corrected chi connectivity index (χ1v) is 34.1. The van der Waals surface area contributed by atoms with E-state index in [1.54, 1.807) is 6.08 Å². The number of carbonyl (C=O) groups is 1. The van der Waals surface area contributed by atoms with Crippen molar-refractivity contribution in [1.29, 1.82) is 0 Å². The Hall–Kier alpha value is -1.80. The van der Waals surface area contributed by atoms with E-state index in [1.807, 2.05) is 27.2 Å². The largest absolute Gasteiger partial charge is 0.756 e. The standard InChI is InChI=1S/C67H127N2O6P/c1-6-8-10-12-14-16-18-20-22-24-26-28-30-32-33-34-35-37-39-41-43-45-47-49-51-53-55-57-59-61-67(71)68-65(64-75-76(72,73)74-63-62-69(3,4)5)66(70)60-58-56-54-52-50-48-46-44-42-40-38-36-31-29-27-25-23-21-19-17-15-13-11-9-7-2/h26,28,32-33,42,44,50,52,58,60,65-66,70H,6-25,27,29-31,34-41,43,45-49,51,53-57,59,61-64H2,1-5H3,(H-,68,71,72,73)/b28-26-,33-32-,44-42+,52-50+,60-58+. The van der Waals surface area contributed by atoms with E-state index in [0.717, 1.165) is 51.4 Å². The number of aliphatic hydroxyl groups is 1. The molecule has 1 amide bonds. The highest BCUT2D eigenvalue weighted by atomic mass is 31.2. The van der Waals surface area contributed by atoms with Gasteiger partial charge in [-0.15, -0.1) is 0 Å². The van der Waals surface area contributed by atoms with Gasteiger partial charge in [-0.05, 0) is 77.0 Å². The molecule has 0 heterocycles. The number of rotatable bonds is 60. The molecule has 0 aliphatic heterocycles. The van der Waals surface area contributed by atoms with Crippen molar-refractivity contribution in [3.8, 4) is 0 Å². The van der Waals surface area contributed by atoms with Crippen molar-refractivity contribution in [1.82, 2.24) is 5.32 Å². The average Bonchev–Trinajstić information content (AvgIpc) is 3.38. The van der Waals surface area contributed by atoms with Crippen LogP contribution < -0.4 is 10.2 Å². The third kappa shape index (κ3) is 59.9. The zero-order valence-electron chi connectivity index (χ0n) is 51.0. The van der Waals surface area contributed by atoms with Crippen LogP contribution >= 0.6 is 7.82 Å². The summed E-state index contributed by atoms with van der Waals surface area (Å²) in [4.78, 5) is 25.6. The molecule has 2 N–H and O–H groups in total. The van der Waals surface area contributed by atoms with Crippen molar-refractivity contribution in [2.45, 2.75) is 321 Å². The van der Waals surface area contributed by atoms with Gasteiger partial charge < -0.3 is 28.8 Å². The van der Waals surface area contributed by atoms with Crippen molar-refractivity contribution in [3.63, 3.8) is 0 Å². The molecule has 446 valence electrons. The third-order valence-corrected chi connectivity index (χ3v) is 15.6. The van der Waals surface area contributed by atoms with Crippen LogP contribution in [0.2, 0.25) is 0 Å². The number of carbonyl (C=O) groups excluding carboxylic acids is 1. The molecule has 3 unspecified atom stereocenters. The van der Waals surface area contributed by atoms with Crippen molar-refractivity contribution >= 4 is 13.7 Å². The Morgan fingerprint density at radius 2 is 0.776 bits per heavy atom. The van der Waals surface area contributed by atoms with E-state index in [1.165, 1.54) is 238 Å². The highest BCUT2D eigenvalue weighted by Gasteiger charge is 2.23. The van der Waals surface area contributed by atoms with E-state index in [9.17, 15) is 19.4 Å². The summed E-state index contributed by atoms with van der Waals surface area (Å²) in [5.74, 6) is -0.210. The quantitative estimate of drug-likeness (QED) is 0.0272. The molecule has 8 nitrogen and oxygen atoms in total. The lowest BCUT2D eigenvalue weighted by molar-refractivity contribution is -0.870. The lowest BCUT2D eigenvalue weighted by atomic mass is 10.0. The summed E-state index contributed by atoms with van der Waals surface area (Å²) >= 11 is 0. The van der Waals surface area contributed by atoms with E-state index < -0.39 is 26.6 Å². The van der Waals surface area contributed by atoms with Gasteiger partial charge in [-0.25, -0.2) is 0 Å². The Balaban J connectivity index is 4.19. The van der Waals surface area contributed by atoms with E-state index in [2.05, 4.69) is 67.8 Å². The number of phosphoric ester groups is 1. The number of phosphoric acid groups is 1.